The average Bonchev–Trinajstić information content (AvgIpc) is 3.13. The summed E-state index contributed by atoms with van der Waals surface area (Å²) in [4.78, 5) is 30.0. The molecule has 2 aromatic carbocycles. The normalized spacial score (nSPS) is 16.8. The molecule has 1 saturated heterocycles. The van der Waals surface area contributed by atoms with Crippen LogP contribution in [0.4, 0.5) is 0 Å². The smallest absolute Gasteiger partial charge is 0.295 e. The van der Waals surface area contributed by atoms with Crippen LogP contribution in [0.5, 0.6) is 17.2 Å². The fourth-order valence-corrected chi connectivity index (χ4v) is 4.28. The maximum absolute atomic E-state index is 13.3. The van der Waals surface area contributed by atoms with Gasteiger partial charge >= 0.3 is 0 Å². The standard InChI is InChI=1S/C29H36N2O6/c1-6-18-37-23-15-12-21(19-24(23)36-8-3)26-25(27(32)20-10-13-22(14-11-20)35-7-2)28(33)29(34)31(26)17-9-16-30(4)5/h6,10-15,19,26,32H,1,7-9,16-18H2,2-5H3/b27-25+. The van der Waals surface area contributed by atoms with Gasteiger partial charge in [0.25, 0.3) is 11.7 Å². The van der Waals surface area contributed by atoms with E-state index in [0.717, 1.165) is 6.54 Å². The van der Waals surface area contributed by atoms with Crippen LogP contribution in [0.1, 0.15) is 37.4 Å². The molecule has 198 valence electrons. The summed E-state index contributed by atoms with van der Waals surface area (Å²) < 4.78 is 17.0. The van der Waals surface area contributed by atoms with Crippen LogP contribution in [0, 0.1) is 0 Å². The van der Waals surface area contributed by atoms with Crippen molar-refractivity contribution in [2.24, 2.45) is 0 Å². The Morgan fingerprint density at radius 2 is 1.73 bits per heavy atom. The highest BCUT2D eigenvalue weighted by Gasteiger charge is 2.46. The quantitative estimate of drug-likeness (QED) is 0.185. The van der Waals surface area contributed by atoms with Crippen molar-refractivity contribution < 1.29 is 28.9 Å². The maximum Gasteiger partial charge on any atom is 0.295 e. The van der Waals surface area contributed by atoms with Crippen molar-refractivity contribution >= 4 is 17.4 Å². The molecule has 0 spiro atoms. The molecule has 1 amide bonds. The van der Waals surface area contributed by atoms with Gasteiger partial charge in [0.05, 0.1) is 24.8 Å². The summed E-state index contributed by atoms with van der Waals surface area (Å²) in [6.07, 6.45) is 2.30. The average molecular weight is 509 g/mol. The maximum atomic E-state index is 13.3. The number of rotatable bonds is 13. The summed E-state index contributed by atoms with van der Waals surface area (Å²) in [5, 5.41) is 11.3. The molecule has 0 radical (unpaired) electrons. The number of ketones is 1. The third-order valence-corrected chi connectivity index (χ3v) is 5.92. The van der Waals surface area contributed by atoms with Crippen molar-refractivity contribution in [2.45, 2.75) is 26.3 Å². The van der Waals surface area contributed by atoms with E-state index in [2.05, 4.69) is 6.58 Å². The van der Waals surface area contributed by atoms with E-state index in [1.165, 1.54) is 4.90 Å². The number of carbonyl (C=O) groups is 2. The van der Waals surface area contributed by atoms with Crippen LogP contribution in [0.25, 0.3) is 5.76 Å². The van der Waals surface area contributed by atoms with Gasteiger partial charge in [-0.3, -0.25) is 9.59 Å². The number of aliphatic hydroxyl groups is 1. The summed E-state index contributed by atoms with van der Waals surface area (Å²) in [6.45, 7) is 9.75. The summed E-state index contributed by atoms with van der Waals surface area (Å²) in [5.41, 5.74) is 1.11. The second kappa shape index (κ2) is 13.0. The van der Waals surface area contributed by atoms with Gasteiger partial charge in [0.2, 0.25) is 0 Å². The highest BCUT2D eigenvalue weighted by atomic mass is 16.5. The Morgan fingerprint density at radius 3 is 2.35 bits per heavy atom. The molecule has 0 aromatic heterocycles. The molecule has 8 nitrogen and oxygen atoms in total. The lowest BCUT2D eigenvalue weighted by Crippen LogP contribution is -2.32. The largest absolute Gasteiger partial charge is 0.507 e. The Bertz CT molecular complexity index is 1140. The van der Waals surface area contributed by atoms with E-state index >= 15 is 0 Å². The van der Waals surface area contributed by atoms with Gasteiger partial charge in [0, 0.05) is 12.1 Å². The minimum absolute atomic E-state index is 0.0428. The number of hydrogen-bond acceptors (Lipinski definition) is 7. The summed E-state index contributed by atoms with van der Waals surface area (Å²) in [6, 6.07) is 11.3. The summed E-state index contributed by atoms with van der Waals surface area (Å²) in [7, 11) is 3.90. The van der Waals surface area contributed by atoms with Gasteiger partial charge in [0.1, 0.15) is 18.1 Å². The van der Waals surface area contributed by atoms with Crippen LogP contribution in [-0.4, -0.2) is 73.6 Å². The fraction of sp³-hybridized carbons (Fsp3) is 0.379. The van der Waals surface area contributed by atoms with Gasteiger partial charge in [-0.05, 0) is 82.9 Å². The first kappa shape index (κ1) is 27.8. The number of amides is 1. The molecule has 2 aromatic rings. The lowest BCUT2D eigenvalue weighted by Gasteiger charge is -2.26. The van der Waals surface area contributed by atoms with Crippen molar-refractivity contribution in [1.29, 1.82) is 0 Å². The third kappa shape index (κ3) is 6.51. The van der Waals surface area contributed by atoms with E-state index < -0.39 is 17.7 Å². The van der Waals surface area contributed by atoms with E-state index in [1.807, 2.05) is 32.8 Å². The Kier molecular flexibility index (Phi) is 9.74. The first-order valence-electron chi connectivity index (χ1n) is 12.5. The van der Waals surface area contributed by atoms with Crippen LogP contribution in [0.3, 0.4) is 0 Å². The number of Topliss-reactive ketones (excluding diaryl/α,β-unsaturated/α-hetero) is 1. The third-order valence-electron chi connectivity index (χ3n) is 5.92. The first-order valence-corrected chi connectivity index (χ1v) is 12.5. The molecule has 1 aliphatic heterocycles. The predicted molar refractivity (Wildman–Crippen MR) is 143 cm³/mol. The number of benzene rings is 2. The molecular weight excluding hydrogens is 472 g/mol. The van der Waals surface area contributed by atoms with E-state index in [0.29, 0.717) is 61.2 Å². The number of carbonyl (C=O) groups excluding carboxylic acids is 2. The molecular formula is C29H36N2O6. The van der Waals surface area contributed by atoms with Crippen LogP contribution in [0.15, 0.2) is 60.7 Å². The summed E-state index contributed by atoms with van der Waals surface area (Å²) in [5.74, 6) is 0.0818. The molecule has 1 atom stereocenters. The van der Waals surface area contributed by atoms with Crippen LogP contribution >= 0.6 is 0 Å². The zero-order valence-electron chi connectivity index (χ0n) is 22.0. The molecule has 37 heavy (non-hydrogen) atoms. The van der Waals surface area contributed by atoms with Crippen molar-refractivity contribution in [2.75, 3.05) is 47.0 Å². The van der Waals surface area contributed by atoms with Crippen molar-refractivity contribution in [1.82, 2.24) is 9.80 Å². The topological polar surface area (TPSA) is 88.5 Å². The molecule has 1 heterocycles. The fourth-order valence-electron chi connectivity index (χ4n) is 4.28. The molecule has 1 fully saturated rings. The number of likely N-dealkylation sites (tertiary alicyclic amines) is 1. The number of nitrogens with zero attached hydrogens (tertiary/aromatic N) is 2. The van der Waals surface area contributed by atoms with Gasteiger partial charge in [-0.25, -0.2) is 0 Å². The van der Waals surface area contributed by atoms with E-state index in [1.54, 1.807) is 48.5 Å². The predicted octanol–water partition coefficient (Wildman–Crippen LogP) is 4.42. The first-order chi connectivity index (χ1) is 17.8. The lowest BCUT2D eigenvalue weighted by molar-refractivity contribution is -0.139. The minimum Gasteiger partial charge on any atom is -0.507 e. The molecule has 3 rings (SSSR count). The highest BCUT2D eigenvalue weighted by molar-refractivity contribution is 6.46. The Hall–Kier alpha value is -3.78. The van der Waals surface area contributed by atoms with Gasteiger partial charge in [-0.2, -0.15) is 0 Å². The Morgan fingerprint density at radius 1 is 1.03 bits per heavy atom. The minimum atomic E-state index is -0.776. The van der Waals surface area contributed by atoms with Gasteiger partial charge in [-0.15, -0.1) is 0 Å². The van der Waals surface area contributed by atoms with Crippen LogP contribution in [-0.2, 0) is 9.59 Å². The molecule has 1 N–H and O–H groups in total. The van der Waals surface area contributed by atoms with Gasteiger partial charge in [0.15, 0.2) is 11.5 Å². The highest BCUT2D eigenvalue weighted by Crippen LogP contribution is 2.42. The van der Waals surface area contributed by atoms with Crippen molar-refractivity contribution in [3.8, 4) is 17.2 Å². The molecule has 8 heteroatoms. The van der Waals surface area contributed by atoms with Gasteiger partial charge in [-0.1, -0.05) is 18.7 Å². The van der Waals surface area contributed by atoms with E-state index in [-0.39, 0.29) is 11.3 Å². The monoisotopic (exact) mass is 508 g/mol. The SMILES string of the molecule is C=CCOc1ccc(C2/C(=C(\O)c3ccc(OCC)cc3)C(=O)C(=O)N2CCCN(C)C)cc1OCC. The van der Waals surface area contributed by atoms with E-state index in [9.17, 15) is 14.7 Å². The second-order valence-electron chi connectivity index (χ2n) is 8.85. The molecule has 1 unspecified atom stereocenters. The zero-order chi connectivity index (χ0) is 26.9. The zero-order valence-corrected chi connectivity index (χ0v) is 22.0. The Balaban J connectivity index is 2.11. The lowest BCUT2D eigenvalue weighted by atomic mass is 9.95. The number of ether oxygens (including phenoxy) is 3. The van der Waals surface area contributed by atoms with E-state index in [4.69, 9.17) is 14.2 Å². The number of aliphatic hydroxyl groups excluding tert-OH is 1. The van der Waals surface area contributed by atoms with Crippen molar-refractivity contribution in [3.63, 3.8) is 0 Å². The second-order valence-corrected chi connectivity index (χ2v) is 8.85. The summed E-state index contributed by atoms with van der Waals surface area (Å²) >= 11 is 0. The van der Waals surface area contributed by atoms with Gasteiger partial charge < -0.3 is 29.1 Å². The van der Waals surface area contributed by atoms with Crippen LogP contribution < -0.4 is 14.2 Å². The Labute approximate surface area is 218 Å². The molecule has 1 aliphatic rings. The van der Waals surface area contributed by atoms with Crippen LogP contribution in [0.2, 0.25) is 0 Å². The molecule has 0 saturated carbocycles. The molecule has 0 aliphatic carbocycles. The molecule has 0 bridgehead atoms. The number of hydrogen-bond donors (Lipinski definition) is 1. The van der Waals surface area contributed by atoms with Crippen molar-refractivity contribution in [3.05, 3.63) is 71.8 Å².